The zero-order valence-corrected chi connectivity index (χ0v) is 23.5. The van der Waals surface area contributed by atoms with E-state index in [1.807, 2.05) is 41.0 Å². The molecule has 1 fully saturated rings. The predicted octanol–water partition coefficient (Wildman–Crippen LogP) is 4.92. The van der Waals surface area contributed by atoms with Gasteiger partial charge < -0.3 is 18.8 Å². The maximum Gasteiger partial charge on any atom is 0.271 e. The molecule has 4 aromatic rings. The summed E-state index contributed by atoms with van der Waals surface area (Å²) < 4.78 is 19.8. The monoisotopic (exact) mass is 553 g/mol. The third kappa shape index (κ3) is 4.18. The number of anilines is 1. The molecule has 2 aliphatic heterocycles. The lowest BCUT2D eigenvalue weighted by atomic mass is 9.83. The summed E-state index contributed by atoms with van der Waals surface area (Å²) in [4.78, 5) is 22.1. The van der Waals surface area contributed by atoms with Crippen LogP contribution in [-0.4, -0.2) is 31.9 Å². The summed E-state index contributed by atoms with van der Waals surface area (Å²) in [5.41, 5.74) is 5.46. The Labute approximate surface area is 236 Å². The van der Waals surface area contributed by atoms with E-state index in [0.717, 1.165) is 54.2 Å². The average molecular weight is 554 g/mol. The van der Waals surface area contributed by atoms with Gasteiger partial charge in [-0.1, -0.05) is 41.7 Å². The molecule has 0 bridgehead atoms. The molecule has 0 spiro atoms. The minimum absolute atomic E-state index is 0.0649. The lowest BCUT2D eigenvalue weighted by Crippen LogP contribution is -2.38. The second-order valence-corrected chi connectivity index (χ2v) is 11.5. The Morgan fingerprint density at radius 1 is 0.975 bits per heavy atom. The molecule has 0 unspecified atom stereocenters. The van der Waals surface area contributed by atoms with Gasteiger partial charge in [-0.3, -0.25) is 9.36 Å². The van der Waals surface area contributed by atoms with Gasteiger partial charge in [0.05, 0.1) is 30.5 Å². The maximum atomic E-state index is 14.1. The van der Waals surface area contributed by atoms with Crippen molar-refractivity contribution in [1.82, 2.24) is 4.57 Å². The minimum atomic E-state index is -0.290. The number of rotatable bonds is 5. The van der Waals surface area contributed by atoms with Gasteiger partial charge in [-0.15, -0.1) is 0 Å². The number of fused-ring (bicyclic) bond motifs is 3. The lowest BCUT2D eigenvalue weighted by molar-refractivity contribution is 0.354. The van der Waals surface area contributed by atoms with Crippen molar-refractivity contribution >= 4 is 29.0 Å². The van der Waals surface area contributed by atoms with Crippen LogP contribution in [0.2, 0.25) is 0 Å². The molecule has 0 amide bonds. The third-order valence-corrected chi connectivity index (χ3v) is 9.13. The van der Waals surface area contributed by atoms with Crippen LogP contribution in [-0.2, 0) is 6.42 Å². The van der Waals surface area contributed by atoms with Gasteiger partial charge in [0.15, 0.2) is 22.2 Å². The number of benzene rings is 2. The number of nitrogens with zero attached hydrogens (tertiary/aromatic N) is 3. The van der Waals surface area contributed by atoms with Crippen LogP contribution in [0.5, 0.6) is 11.5 Å². The van der Waals surface area contributed by atoms with Crippen LogP contribution in [0.1, 0.15) is 54.2 Å². The van der Waals surface area contributed by atoms with Crippen LogP contribution in [0.15, 0.2) is 74.4 Å². The normalized spacial score (nSPS) is 18.6. The molecular formula is C32H31N3O4S. The fourth-order valence-corrected chi connectivity index (χ4v) is 7.16. The van der Waals surface area contributed by atoms with Crippen molar-refractivity contribution < 1.29 is 13.9 Å². The van der Waals surface area contributed by atoms with Gasteiger partial charge in [-0.2, -0.15) is 0 Å². The third-order valence-electron chi connectivity index (χ3n) is 8.15. The molecule has 3 aliphatic rings. The summed E-state index contributed by atoms with van der Waals surface area (Å²) in [7, 11) is 3.26. The van der Waals surface area contributed by atoms with E-state index in [0.29, 0.717) is 26.6 Å². The fraction of sp³-hybridized carbons (Fsp3) is 0.312. The quantitative estimate of drug-likeness (QED) is 0.351. The van der Waals surface area contributed by atoms with Gasteiger partial charge in [0.2, 0.25) is 0 Å². The zero-order chi connectivity index (χ0) is 27.2. The van der Waals surface area contributed by atoms with E-state index in [4.69, 9.17) is 18.9 Å². The predicted molar refractivity (Wildman–Crippen MR) is 157 cm³/mol. The smallest absolute Gasteiger partial charge is 0.271 e. The Hall–Kier alpha value is -4.04. The topological polar surface area (TPSA) is 69.2 Å². The van der Waals surface area contributed by atoms with Gasteiger partial charge in [-0.25, -0.2) is 4.99 Å². The van der Waals surface area contributed by atoms with Crippen molar-refractivity contribution in [3.63, 3.8) is 0 Å². The van der Waals surface area contributed by atoms with Gasteiger partial charge in [0, 0.05) is 30.8 Å². The zero-order valence-electron chi connectivity index (χ0n) is 22.7. The molecule has 0 N–H and O–H groups in total. The number of hydrogen-bond acceptors (Lipinski definition) is 7. The molecule has 40 heavy (non-hydrogen) atoms. The molecule has 2 aromatic heterocycles. The van der Waals surface area contributed by atoms with Crippen LogP contribution >= 0.6 is 11.3 Å². The molecule has 204 valence electrons. The van der Waals surface area contributed by atoms with Crippen LogP contribution in [0.3, 0.4) is 0 Å². The summed E-state index contributed by atoms with van der Waals surface area (Å²) in [6.07, 6.45) is 7.22. The second kappa shape index (κ2) is 10.2. The molecule has 4 heterocycles. The first-order valence-electron chi connectivity index (χ1n) is 13.8. The summed E-state index contributed by atoms with van der Waals surface area (Å²) >= 11 is 1.41. The van der Waals surface area contributed by atoms with Crippen LogP contribution in [0.4, 0.5) is 5.88 Å². The van der Waals surface area contributed by atoms with E-state index >= 15 is 0 Å². The number of piperidine rings is 1. The highest BCUT2D eigenvalue weighted by Gasteiger charge is 2.33. The molecular weight excluding hydrogens is 522 g/mol. The number of furan rings is 1. The van der Waals surface area contributed by atoms with Crippen molar-refractivity contribution in [1.29, 1.82) is 0 Å². The Morgan fingerprint density at radius 2 is 1.80 bits per heavy atom. The SMILES string of the molecule is COc1ccc([C@H]2C3=C(N=c4s/c(=C\c5ccc(N6CCCCC6)o5)c(=O)n42)c2ccccc2CC3)cc1OC. The van der Waals surface area contributed by atoms with Crippen molar-refractivity contribution in [2.45, 2.75) is 38.1 Å². The second-order valence-electron chi connectivity index (χ2n) is 10.5. The van der Waals surface area contributed by atoms with Gasteiger partial charge in [-0.05, 0) is 67.0 Å². The summed E-state index contributed by atoms with van der Waals surface area (Å²) in [5.74, 6) is 2.85. The van der Waals surface area contributed by atoms with Gasteiger partial charge in [0.25, 0.3) is 5.56 Å². The molecule has 0 radical (unpaired) electrons. The summed E-state index contributed by atoms with van der Waals surface area (Å²) in [5, 5.41) is 0. The van der Waals surface area contributed by atoms with E-state index < -0.39 is 0 Å². The van der Waals surface area contributed by atoms with Crippen LogP contribution < -0.4 is 29.3 Å². The standard InChI is InChI=1S/C32H31N3O4S/c1-37-25-14-11-21(18-26(25)38-2)30-24-13-10-20-8-4-5-9-23(20)29(24)33-32-35(30)31(36)27(40-32)19-22-12-15-28(39-22)34-16-6-3-7-17-34/h4-5,8-9,11-12,14-15,18-19,30H,3,6-7,10,13,16-17H2,1-2H3/b27-19-/t30-/m0/s1. The number of ether oxygens (including phenoxy) is 2. The minimum Gasteiger partial charge on any atom is -0.493 e. The Bertz CT molecular complexity index is 1810. The molecule has 8 heteroatoms. The highest BCUT2D eigenvalue weighted by Crippen LogP contribution is 2.42. The highest BCUT2D eigenvalue weighted by atomic mass is 32.1. The highest BCUT2D eigenvalue weighted by molar-refractivity contribution is 7.07. The maximum absolute atomic E-state index is 14.1. The average Bonchev–Trinajstić information content (AvgIpc) is 3.60. The molecule has 7 nitrogen and oxygen atoms in total. The van der Waals surface area contributed by atoms with Crippen LogP contribution in [0.25, 0.3) is 11.8 Å². The largest absolute Gasteiger partial charge is 0.493 e. The summed E-state index contributed by atoms with van der Waals surface area (Å²) in [6.45, 7) is 2.01. The molecule has 2 aromatic carbocycles. The van der Waals surface area contributed by atoms with E-state index in [-0.39, 0.29) is 11.6 Å². The number of thiazole rings is 1. The van der Waals surface area contributed by atoms with E-state index in [2.05, 4.69) is 29.2 Å². The molecule has 1 atom stereocenters. The molecule has 1 saturated heterocycles. The van der Waals surface area contributed by atoms with E-state index in [1.54, 1.807) is 14.2 Å². The van der Waals surface area contributed by atoms with Crippen molar-refractivity contribution in [3.8, 4) is 11.5 Å². The van der Waals surface area contributed by atoms with Gasteiger partial charge >= 0.3 is 0 Å². The number of aryl methyl sites for hydroxylation is 1. The molecule has 0 saturated carbocycles. The first kappa shape index (κ1) is 25.0. The van der Waals surface area contributed by atoms with Crippen LogP contribution in [0, 0.1) is 0 Å². The number of methoxy groups -OCH3 is 2. The van der Waals surface area contributed by atoms with Gasteiger partial charge in [0.1, 0.15) is 5.76 Å². The fourth-order valence-electron chi connectivity index (χ4n) is 6.18. The van der Waals surface area contributed by atoms with E-state index in [1.165, 1.54) is 36.2 Å². The number of aromatic nitrogens is 1. The molecule has 7 rings (SSSR count). The summed E-state index contributed by atoms with van der Waals surface area (Å²) in [6, 6.07) is 18.0. The lowest BCUT2D eigenvalue weighted by Gasteiger charge is -2.31. The van der Waals surface area contributed by atoms with E-state index in [9.17, 15) is 4.79 Å². The number of hydrogen-bond donors (Lipinski definition) is 0. The van der Waals surface area contributed by atoms with Crippen molar-refractivity contribution in [2.75, 3.05) is 32.2 Å². The Kier molecular flexibility index (Phi) is 6.35. The van der Waals surface area contributed by atoms with Crippen molar-refractivity contribution in [3.05, 3.63) is 102 Å². The Morgan fingerprint density at radius 3 is 2.62 bits per heavy atom. The molecule has 1 aliphatic carbocycles. The Balaban J connectivity index is 1.39. The first-order chi connectivity index (χ1) is 19.6. The first-order valence-corrected chi connectivity index (χ1v) is 14.7. The van der Waals surface area contributed by atoms with Crippen molar-refractivity contribution in [2.24, 2.45) is 4.99 Å². The number of allylic oxidation sites excluding steroid dienone is 1.